The molecule has 0 saturated carbocycles. The van der Waals surface area contributed by atoms with Crippen molar-refractivity contribution in [3.8, 4) is 6.07 Å². The van der Waals surface area contributed by atoms with Gasteiger partial charge in [-0.25, -0.2) is 0 Å². The van der Waals surface area contributed by atoms with Gasteiger partial charge in [0.15, 0.2) is 0 Å². The molecule has 0 radical (unpaired) electrons. The summed E-state index contributed by atoms with van der Waals surface area (Å²) in [5.41, 5.74) is 0.439. The number of nitrogens with zero attached hydrogens (tertiary/aromatic N) is 2. The Balaban J connectivity index is 2.96. The van der Waals surface area contributed by atoms with Crippen LogP contribution in [0.1, 0.15) is 12.5 Å². The summed E-state index contributed by atoms with van der Waals surface area (Å²) in [4.78, 5) is 11.4. The Hall–Kier alpha value is -1.21. The SMILES string of the molecule is CC(CS)Cn1cc(C#N)ccc1=O. The maximum absolute atomic E-state index is 11.4. The molecule has 4 heteroatoms. The second-order valence-electron chi connectivity index (χ2n) is 3.31. The lowest BCUT2D eigenvalue weighted by Crippen LogP contribution is -2.22. The normalized spacial score (nSPS) is 12.1. The average Bonchev–Trinajstić information content (AvgIpc) is 2.21. The van der Waals surface area contributed by atoms with Crippen LogP contribution in [0.25, 0.3) is 0 Å². The molecular weight excluding hydrogens is 196 g/mol. The van der Waals surface area contributed by atoms with Crippen LogP contribution in [0.5, 0.6) is 0 Å². The molecule has 0 saturated heterocycles. The van der Waals surface area contributed by atoms with E-state index in [1.807, 2.05) is 13.0 Å². The maximum Gasteiger partial charge on any atom is 0.250 e. The van der Waals surface area contributed by atoms with E-state index in [-0.39, 0.29) is 5.56 Å². The van der Waals surface area contributed by atoms with Crippen molar-refractivity contribution in [2.75, 3.05) is 5.75 Å². The highest BCUT2D eigenvalue weighted by Gasteiger charge is 2.03. The van der Waals surface area contributed by atoms with Crippen LogP contribution in [0.2, 0.25) is 0 Å². The lowest BCUT2D eigenvalue weighted by atomic mass is 10.2. The minimum absolute atomic E-state index is 0.0716. The average molecular weight is 208 g/mol. The van der Waals surface area contributed by atoms with Gasteiger partial charge in [-0.05, 0) is 17.7 Å². The number of hydrogen-bond acceptors (Lipinski definition) is 3. The van der Waals surface area contributed by atoms with Crippen molar-refractivity contribution in [3.05, 3.63) is 34.2 Å². The van der Waals surface area contributed by atoms with Gasteiger partial charge in [0, 0.05) is 18.8 Å². The van der Waals surface area contributed by atoms with Crippen molar-refractivity contribution in [1.82, 2.24) is 4.57 Å². The number of thiol groups is 1. The lowest BCUT2D eigenvalue weighted by molar-refractivity contribution is 0.518. The predicted molar refractivity (Wildman–Crippen MR) is 58.4 cm³/mol. The summed E-state index contributed by atoms with van der Waals surface area (Å²) < 4.78 is 1.56. The number of aromatic nitrogens is 1. The van der Waals surface area contributed by atoms with E-state index in [0.717, 1.165) is 5.75 Å². The molecule has 0 N–H and O–H groups in total. The molecule has 3 nitrogen and oxygen atoms in total. The van der Waals surface area contributed by atoms with Crippen LogP contribution in [-0.4, -0.2) is 10.3 Å². The number of pyridine rings is 1. The molecule has 0 amide bonds. The Bertz CT molecular complexity index is 405. The maximum atomic E-state index is 11.4. The molecule has 0 spiro atoms. The highest BCUT2D eigenvalue weighted by Crippen LogP contribution is 2.01. The molecule has 0 aliphatic heterocycles. The van der Waals surface area contributed by atoms with Gasteiger partial charge in [-0.3, -0.25) is 4.79 Å². The predicted octanol–water partition coefficient (Wildman–Crippen LogP) is 1.29. The van der Waals surface area contributed by atoms with Gasteiger partial charge in [-0.1, -0.05) is 6.92 Å². The summed E-state index contributed by atoms with van der Waals surface area (Å²) >= 11 is 4.15. The summed E-state index contributed by atoms with van der Waals surface area (Å²) in [6.07, 6.45) is 1.59. The number of nitriles is 1. The number of hydrogen-bond donors (Lipinski definition) is 1. The second-order valence-corrected chi connectivity index (χ2v) is 3.67. The zero-order chi connectivity index (χ0) is 10.6. The summed E-state index contributed by atoms with van der Waals surface area (Å²) in [6, 6.07) is 4.96. The molecule has 74 valence electrons. The quantitative estimate of drug-likeness (QED) is 0.761. The summed E-state index contributed by atoms with van der Waals surface area (Å²) in [7, 11) is 0. The Morgan fingerprint density at radius 1 is 1.64 bits per heavy atom. The van der Waals surface area contributed by atoms with E-state index in [4.69, 9.17) is 5.26 Å². The molecule has 1 atom stereocenters. The molecule has 1 aromatic heterocycles. The molecule has 1 rings (SSSR count). The van der Waals surface area contributed by atoms with Crippen molar-refractivity contribution < 1.29 is 0 Å². The first-order valence-electron chi connectivity index (χ1n) is 4.39. The second kappa shape index (κ2) is 4.87. The van der Waals surface area contributed by atoms with E-state index >= 15 is 0 Å². The summed E-state index contributed by atoms with van der Waals surface area (Å²) in [5.74, 6) is 1.05. The first-order chi connectivity index (χ1) is 6.67. The van der Waals surface area contributed by atoms with Crippen molar-refractivity contribution in [2.45, 2.75) is 13.5 Å². The van der Waals surface area contributed by atoms with Crippen molar-refractivity contribution in [1.29, 1.82) is 5.26 Å². The van der Waals surface area contributed by atoms with Gasteiger partial charge >= 0.3 is 0 Å². The fourth-order valence-electron chi connectivity index (χ4n) is 1.13. The van der Waals surface area contributed by atoms with Gasteiger partial charge in [-0.2, -0.15) is 17.9 Å². The van der Waals surface area contributed by atoms with Crippen molar-refractivity contribution in [3.63, 3.8) is 0 Å². The summed E-state index contributed by atoms with van der Waals surface area (Å²) in [5, 5.41) is 8.66. The molecule has 0 aliphatic carbocycles. The van der Waals surface area contributed by atoms with E-state index in [9.17, 15) is 4.79 Å². The lowest BCUT2D eigenvalue weighted by Gasteiger charge is -2.10. The van der Waals surface area contributed by atoms with Gasteiger partial charge in [-0.15, -0.1) is 0 Å². The fourth-order valence-corrected chi connectivity index (χ4v) is 1.25. The molecule has 1 heterocycles. The zero-order valence-corrected chi connectivity index (χ0v) is 8.87. The zero-order valence-electron chi connectivity index (χ0n) is 7.97. The Morgan fingerprint density at radius 2 is 2.36 bits per heavy atom. The summed E-state index contributed by atoms with van der Waals surface area (Å²) in [6.45, 7) is 2.62. The third-order valence-electron chi connectivity index (χ3n) is 1.93. The van der Waals surface area contributed by atoms with Gasteiger partial charge < -0.3 is 4.57 Å². The fraction of sp³-hybridized carbons (Fsp3) is 0.400. The van der Waals surface area contributed by atoms with Gasteiger partial charge in [0.1, 0.15) is 6.07 Å². The van der Waals surface area contributed by atoms with Crippen LogP contribution in [0, 0.1) is 17.2 Å². The first kappa shape index (κ1) is 10.9. The molecule has 1 aromatic rings. The van der Waals surface area contributed by atoms with Crippen molar-refractivity contribution in [2.24, 2.45) is 5.92 Å². The minimum atomic E-state index is -0.0716. The molecule has 0 aromatic carbocycles. The van der Waals surface area contributed by atoms with E-state index < -0.39 is 0 Å². The third-order valence-corrected chi connectivity index (χ3v) is 2.56. The van der Waals surface area contributed by atoms with Crippen LogP contribution in [0.15, 0.2) is 23.1 Å². The highest BCUT2D eigenvalue weighted by molar-refractivity contribution is 7.80. The van der Waals surface area contributed by atoms with Crippen LogP contribution in [-0.2, 0) is 6.54 Å². The van der Waals surface area contributed by atoms with Crippen LogP contribution < -0.4 is 5.56 Å². The van der Waals surface area contributed by atoms with E-state index in [2.05, 4.69) is 12.6 Å². The topological polar surface area (TPSA) is 45.8 Å². The van der Waals surface area contributed by atoms with Gasteiger partial charge in [0.05, 0.1) is 5.56 Å². The molecule has 0 fully saturated rings. The van der Waals surface area contributed by atoms with E-state index in [0.29, 0.717) is 18.0 Å². The Kier molecular flexibility index (Phi) is 3.78. The molecule has 14 heavy (non-hydrogen) atoms. The molecule has 1 unspecified atom stereocenters. The van der Waals surface area contributed by atoms with Gasteiger partial charge in [0.2, 0.25) is 0 Å². The minimum Gasteiger partial charge on any atom is -0.314 e. The third kappa shape index (κ3) is 2.64. The first-order valence-corrected chi connectivity index (χ1v) is 5.02. The molecule has 0 bridgehead atoms. The van der Waals surface area contributed by atoms with E-state index in [1.54, 1.807) is 10.8 Å². The smallest absolute Gasteiger partial charge is 0.250 e. The van der Waals surface area contributed by atoms with E-state index in [1.165, 1.54) is 12.1 Å². The van der Waals surface area contributed by atoms with Crippen LogP contribution >= 0.6 is 12.6 Å². The largest absolute Gasteiger partial charge is 0.314 e. The number of rotatable bonds is 3. The Morgan fingerprint density at radius 3 is 2.93 bits per heavy atom. The van der Waals surface area contributed by atoms with Crippen LogP contribution in [0.4, 0.5) is 0 Å². The Labute approximate surface area is 88.4 Å². The van der Waals surface area contributed by atoms with Crippen molar-refractivity contribution >= 4 is 12.6 Å². The highest BCUT2D eigenvalue weighted by atomic mass is 32.1. The molecular formula is C10H12N2OS. The molecule has 0 aliphatic rings. The van der Waals surface area contributed by atoms with Crippen LogP contribution in [0.3, 0.4) is 0 Å². The monoisotopic (exact) mass is 208 g/mol. The van der Waals surface area contributed by atoms with Gasteiger partial charge in [0.25, 0.3) is 5.56 Å². The standard InChI is InChI=1S/C10H12N2OS/c1-8(7-14)5-12-6-9(4-11)2-3-10(12)13/h2-3,6,8,14H,5,7H2,1H3.